The molecule has 0 aliphatic heterocycles. The van der Waals surface area contributed by atoms with Crippen LogP contribution in [0.1, 0.15) is 35.3 Å². The topological polar surface area (TPSA) is 85.8 Å². The maximum Gasteiger partial charge on any atom is 0.196 e. The van der Waals surface area contributed by atoms with Gasteiger partial charge in [0.25, 0.3) is 0 Å². The van der Waals surface area contributed by atoms with Crippen LogP contribution < -0.4 is 10.7 Å². The molecule has 4 aromatic heterocycles. The summed E-state index contributed by atoms with van der Waals surface area (Å²) in [4.78, 5) is 22.5. The van der Waals surface area contributed by atoms with Crippen molar-refractivity contribution in [1.82, 2.24) is 19.7 Å². The number of benzene rings is 1. The molecule has 0 amide bonds. The number of aryl methyl sites for hydroxylation is 3. The molecule has 0 saturated carbocycles. The van der Waals surface area contributed by atoms with Gasteiger partial charge < -0.3 is 9.73 Å². The molecule has 0 fully saturated rings. The van der Waals surface area contributed by atoms with Crippen LogP contribution in [0.3, 0.4) is 0 Å². The van der Waals surface area contributed by atoms with Crippen molar-refractivity contribution >= 4 is 39.3 Å². The highest BCUT2D eigenvalue weighted by Crippen LogP contribution is 2.32. The van der Waals surface area contributed by atoms with Crippen molar-refractivity contribution in [3.63, 3.8) is 0 Å². The number of hydrogen-bond donors (Lipinski definition) is 1. The van der Waals surface area contributed by atoms with Crippen molar-refractivity contribution < 1.29 is 4.42 Å². The van der Waals surface area contributed by atoms with E-state index in [0.717, 1.165) is 33.5 Å². The third-order valence-corrected chi connectivity index (χ3v) is 6.31. The second-order valence-corrected chi connectivity index (χ2v) is 9.01. The molecule has 0 aliphatic carbocycles. The second kappa shape index (κ2) is 8.25. The van der Waals surface area contributed by atoms with E-state index >= 15 is 0 Å². The maximum atomic E-state index is 13.4. The van der Waals surface area contributed by atoms with E-state index in [1.807, 2.05) is 58.2 Å². The van der Waals surface area contributed by atoms with Gasteiger partial charge in [-0.15, -0.1) is 0 Å². The number of pyridine rings is 2. The molecule has 1 N–H and O–H groups in total. The van der Waals surface area contributed by atoms with Gasteiger partial charge in [0.2, 0.25) is 0 Å². The maximum absolute atomic E-state index is 13.4. The quantitative estimate of drug-likeness (QED) is 0.327. The van der Waals surface area contributed by atoms with Gasteiger partial charge >= 0.3 is 0 Å². The molecule has 1 atom stereocenters. The molecule has 0 saturated heterocycles. The Kier molecular flexibility index (Phi) is 5.37. The molecule has 1 aromatic carbocycles. The van der Waals surface area contributed by atoms with Crippen molar-refractivity contribution in [2.24, 2.45) is 7.05 Å². The first-order chi connectivity index (χ1) is 16.2. The number of hydrogen-bond acceptors (Lipinski definition) is 6. The third kappa shape index (κ3) is 3.72. The van der Waals surface area contributed by atoms with Gasteiger partial charge in [-0.05, 0) is 63.6 Å². The van der Waals surface area contributed by atoms with Crippen LogP contribution in [-0.4, -0.2) is 19.7 Å². The number of anilines is 1. The zero-order chi connectivity index (χ0) is 24.1. The molecular weight excluding hydrogens is 450 g/mol. The Morgan fingerprint density at radius 1 is 1.09 bits per heavy atom. The lowest BCUT2D eigenvalue weighted by atomic mass is 9.99. The zero-order valence-electron chi connectivity index (χ0n) is 19.6. The summed E-state index contributed by atoms with van der Waals surface area (Å²) in [6.45, 7) is 7.69. The van der Waals surface area contributed by atoms with Crippen molar-refractivity contribution in [3.8, 4) is 11.5 Å². The van der Waals surface area contributed by atoms with Crippen molar-refractivity contribution in [1.29, 1.82) is 0 Å². The third-order valence-electron chi connectivity index (χ3n) is 6.10. The fraction of sp³-hybridized carbons (Fsp3) is 0.231. The SMILES string of the molecule is Cc1cc(C(C)Nc2ccc(Cl)nc2C)c2oc(-c3ccc4cnn(C)c4n3)c(C)c(=O)c2c1. The fourth-order valence-corrected chi connectivity index (χ4v) is 4.47. The van der Waals surface area contributed by atoms with Crippen LogP contribution in [-0.2, 0) is 7.05 Å². The van der Waals surface area contributed by atoms with Crippen LogP contribution in [0.4, 0.5) is 5.69 Å². The minimum Gasteiger partial charge on any atom is -0.454 e. The molecule has 0 bridgehead atoms. The van der Waals surface area contributed by atoms with E-state index in [1.54, 1.807) is 23.9 Å². The summed E-state index contributed by atoms with van der Waals surface area (Å²) >= 11 is 6.02. The number of halogens is 1. The summed E-state index contributed by atoms with van der Waals surface area (Å²) in [5.41, 5.74) is 5.85. The number of aromatic nitrogens is 4. The molecule has 0 aliphatic rings. The van der Waals surface area contributed by atoms with Crippen molar-refractivity contribution in [3.05, 3.63) is 80.4 Å². The largest absolute Gasteiger partial charge is 0.454 e. The Balaban J connectivity index is 1.68. The Morgan fingerprint density at radius 3 is 2.65 bits per heavy atom. The zero-order valence-corrected chi connectivity index (χ0v) is 20.4. The molecule has 4 heterocycles. The first kappa shape index (κ1) is 22.1. The fourth-order valence-electron chi connectivity index (χ4n) is 4.28. The Morgan fingerprint density at radius 2 is 1.88 bits per heavy atom. The summed E-state index contributed by atoms with van der Waals surface area (Å²) in [6, 6.07) is 11.2. The monoisotopic (exact) mass is 473 g/mol. The molecule has 172 valence electrons. The van der Waals surface area contributed by atoms with Gasteiger partial charge in [-0.2, -0.15) is 5.10 Å². The summed E-state index contributed by atoms with van der Waals surface area (Å²) in [6.07, 6.45) is 1.76. The van der Waals surface area contributed by atoms with Gasteiger partial charge in [0.1, 0.15) is 16.4 Å². The molecule has 5 rings (SSSR count). The highest BCUT2D eigenvalue weighted by Gasteiger charge is 2.20. The summed E-state index contributed by atoms with van der Waals surface area (Å²) in [7, 11) is 1.84. The van der Waals surface area contributed by atoms with Gasteiger partial charge in [0.05, 0.1) is 29.0 Å². The van der Waals surface area contributed by atoms with Crippen LogP contribution in [0, 0.1) is 20.8 Å². The van der Waals surface area contributed by atoms with E-state index in [2.05, 4.69) is 15.4 Å². The van der Waals surface area contributed by atoms with Crippen LogP contribution in [0.2, 0.25) is 5.15 Å². The number of nitrogens with one attached hydrogen (secondary N) is 1. The van der Waals surface area contributed by atoms with Gasteiger partial charge in [0, 0.05) is 23.6 Å². The first-order valence-electron chi connectivity index (χ1n) is 11.0. The lowest BCUT2D eigenvalue weighted by Gasteiger charge is -2.19. The lowest BCUT2D eigenvalue weighted by molar-refractivity contribution is 0.603. The first-order valence-corrected chi connectivity index (χ1v) is 11.4. The van der Waals surface area contributed by atoms with Crippen molar-refractivity contribution in [2.45, 2.75) is 33.7 Å². The highest BCUT2D eigenvalue weighted by molar-refractivity contribution is 6.29. The molecule has 5 aromatic rings. The normalized spacial score (nSPS) is 12.4. The Hall–Kier alpha value is -3.71. The molecule has 0 radical (unpaired) electrons. The average Bonchev–Trinajstić information content (AvgIpc) is 3.18. The van der Waals surface area contributed by atoms with E-state index in [4.69, 9.17) is 21.0 Å². The molecule has 34 heavy (non-hydrogen) atoms. The Labute approximate surface area is 201 Å². The number of nitrogens with zero attached hydrogens (tertiary/aromatic N) is 4. The van der Waals surface area contributed by atoms with E-state index in [0.29, 0.717) is 33.1 Å². The Bertz CT molecular complexity index is 1640. The van der Waals surface area contributed by atoms with Gasteiger partial charge in [-0.1, -0.05) is 17.7 Å². The van der Waals surface area contributed by atoms with Crippen LogP contribution in [0.15, 0.2) is 51.8 Å². The van der Waals surface area contributed by atoms with Gasteiger partial charge in [-0.3, -0.25) is 9.48 Å². The minimum absolute atomic E-state index is 0.0651. The highest BCUT2D eigenvalue weighted by atomic mass is 35.5. The molecule has 7 nitrogen and oxygen atoms in total. The smallest absolute Gasteiger partial charge is 0.196 e. The lowest BCUT2D eigenvalue weighted by Crippen LogP contribution is -2.13. The summed E-state index contributed by atoms with van der Waals surface area (Å²) in [5, 5.41) is 9.67. The predicted molar refractivity (Wildman–Crippen MR) is 135 cm³/mol. The summed E-state index contributed by atoms with van der Waals surface area (Å²) in [5.74, 6) is 0.460. The van der Waals surface area contributed by atoms with E-state index in [-0.39, 0.29) is 11.5 Å². The molecule has 0 spiro atoms. The standard InChI is InChI=1S/C26H24ClN5O2/c1-13-10-18(15(3)29-20-8-9-22(27)30-16(20)4)25-19(11-13)23(33)14(2)24(34-25)21-7-6-17-12-28-32(5)26(17)31-21/h6-12,15,29H,1-5H3. The van der Waals surface area contributed by atoms with Gasteiger partial charge in [0.15, 0.2) is 16.8 Å². The van der Waals surface area contributed by atoms with E-state index < -0.39 is 0 Å². The van der Waals surface area contributed by atoms with Crippen LogP contribution >= 0.6 is 11.6 Å². The second-order valence-electron chi connectivity index (χ2n) is 8.63. The molecule has 8 heteroatoms. The number of rotatable bonds is 4. The average molecular weight is 474 g/mol. The van der Waals surface area contributed by atoms with Crippen LogP contribution in [0.5, 0.6) is 0 Å². The molecular formula is C26H24ClN5O2. The van der Waals surface area contributed by atoms with E-state index in [1.165, 1.54) is 0 Å². The van der Waals surface area contributed by atoms with E-state index in [9.17, 15) is 4.79 Å². The predicted octanol–water partition coefficient (Wildman–Crippen LogP) is 5.89. The van der Waals surface area contributed by atoms with Crippen molar-refractivity contribution in [2.75, 3.05) is 5.32 Å². The number of fused-ring (bicyclic) bond motifs is 2. The molecule has 1 unspecified atom stereocenters. The summed E-state index contributed by atoms with van der Waals surface area (Å²) < 4.78 is 8.16. The minimum atomic E-state index is -0.157. The van der Waals surface area contributed by atoms with Gasteiger partial charge in [-0.25, -0.2) is 9.97 Å². The van der Waals surface area contributed by atoms with Crippen LogP contribution in [0.25, 0.3) is 33.5 Å².